The van der Waals surface area contributed by atoms with E-state index in [-0.39, 0.29) is 17.8 Å². The maximum atomic E-state index is 14.1. The highest BCUT2D eigenvalue weighted by atomic mass is 19.1. The van der Waals surface area contributed by atoms with Crippen LogP contribution in [0.5, 0.6) is 5.75 Å². The highest BCUT2D eigenvalue weighted by molar-refractivity contribution is 5.90. The van der Waals surface area contributed by atoms with E-state index >= 15 is 0 Å². The van der Waals surface area contributed by atoms with Gasteiger partial charge < -0.3 is 15.4 Å². The van der Waals surface area contributed by atoms with Gasteiger partial charge in [-0.2, -0.15) is 0 Å². The highest BCUT2D eigenvalue weighted by Crippen LogP contribution is 2.27. The summed E-state index contributed by atoms with van der Waals surface area (Å²) in [5.74, 6) is 0.405. The van der Waals surface area contributed by atoms with Gasteiger partial charge in [0.1, 0.15) is 0 Å². The molecule has 1 unspecified atom stereocenters. The second-order valence-corrected chi connectivity index (χ2v) is 6.62. The Balaban J connectivity index is 1.49. The number of anilines is 1. The van der Waals surface area contributed by atoms with Crippen LogP contribution in [-0.2, 0) is 4.79 Å². The summed E-state index contributed by atoms with van der Waals surface area (Å²) in [6.07, 6.45) is 6.91. The summed E-state index contributed by atoms with van der Waals surface area (Å²) in [6, 6.07) is 4.67. The molecule has 2 N–H and O–H groups in total. The van der Waals surface area contributed by atoms with E-state index in [0.717, 1.165) is 51.6 Å². The lowest BCUT2D eigenvalue weighted by Gasteiger charge is -2.14. The van der Waals surface area contributed by atoms with Crippen molar-refractivity contribution in [3.8, 4) is 5.75 Å². The Hall–Kier alpha value is -1.62. The fourth-order valence-electron chi connectivity index (χ4n) is 3.38. The molecule has 1 aromatic rings. The molecule has 1 aromatic carbocycles. The summed E-state index contributed by atoms with van der Waals surface area (Å²) in [5, 5.41) is 6.07. The lowest BCUT2D eigenvalue weighted by molar-refractivity contribution is -0.116. The van der Waals surface area contributed by atoms with Crippen molar-refractivity contribution in [2.75, 3.05) is 18.4 Å². The van der Waals surface area contributed by atoms with Crippen LogP contribution in [0.25, 0.3) is 0 Å². The van der Waals surface area contributed by atoms with Crippen LogP contribution in [-0.4, -0.2) is 25.1 Å². The molecule has 1 aliphatic heterocycles. The van der Waals surface area contributed by atoms with E-state index < -0.39 is 5.82 Å². The second-order valence-electron chi connectivity index (χ2n) is 6.62. The summed E-state index contributed by atoms with van der Waals surface area (Å²) in [4.78, 5) is 12.0. The Morgan fingerprint density at radius 3 is 2.83 bits per heavy atom. The molecule has 1 heterocycles. The lowest BCUT2D eigenvalue weighted by Crippen LogP contribution is -2.15. The van der Waals surface area contributed by atoms with Crippen LogP contribution in [0, 0.1) is 11.7 Å². The highest BCUT2D eigenvalue weighted by Gasteiger charge is 2.19. The predicted molar refractivity (Wildman–Crippen MR) is 88.1 cm³/mol. The van der Waals surface area contributed by atoms with Crippen LogP contribution in [0.1, 0.15) is 44.9 Å². The van der Waals surface area contributed by atoms with E-state index in [1.54, 1.807) is 12.1 Å². The molecular formula is C18H25FN2O2. The first-order chi connectivity index (χ1) is 11.2. The summed E-state index contributed by atoms with van der Waals surface area (Å²) >= 11 is 0. The average molecular weight is 320 g/mol. The number of benzene rings is 1. The molecule has 0 bridgehead atoms. The first-order valence-corrected chi connectivity index (χ1v) is 8.67. The first-order valence-electron chi connectivity index (χ1n) is 8.67. The number of hydrogen-bond acceptors (Lipinski definition) is 3. The van der Waals surface area contributed by atoms with Crippen LogP contribution < -0.4 is 15.4 Å². The molecule has 1 atom stereocenters. The van der Waals surface area contributed by atoms with E-state index in [9.17, 15) is 9.18 Å². The minimum atomic E-state index is -0.408. The molecule has 2 aliphatic rings. The Bertz CT molecular complexity index is 538. The summed E-state index contributed by atoms with van der Waals surface area (Å²) in [5.41, 5.74) is 0.496. The number of rotatable bonds is 6. The van der Waals surface area contributed by atoms with Crippen LogP contribution >= 0.6 is 0 Å². The summed E-state index contributed by atoms with van der Waals surface area (Å²) in [7, 11) is 0. The Morgan fingerprint density at radius 2 is 2.13 bits per heavy atom. The van der Waals surface area contributed by atoms with Crippen molar-refractivity contribution in [2.45, 2.75) is 51.0 Å². The predicted octanol–water partition coefficient (Wildman–Crippen LogP) is 3.48. The molecule has 0 radical (unpaired) electrons. The van der Waals surface area contributed by atoms with Gasteiger partial charge >= 0.3 is 0 Å². The molecule has 3 rings (SSSR count). The zero-order chi connectivity index (χ0) is 16.1. The van der Waals surface area contributed by atoms with Gasteiger partial charge in [-0.25, -0.2) is 4.39 Å². The first kappa shape index (κ1) is 16.2. The van der Waals surface area contributed by atoms with Crippen molar-refractivity contribution >= 4 is 11.6 Å². The number of ether oxygens (including phenoxy) is 1. The minimum absolute atomic E-state index is 0.0549. The third-order valence-corrected chi connectivity index (χ3v) is 4.75. The van der Waals surface area contributed by atoms with Crippen molar-refractivity contribution in [2.24, 2.45) is 5.92 Å². The molecule has 0 aromatic heterocycles. The van der Waals surface area contributed by atoms with Gasteiger partial charge in [0.05, 0.1) is 6.10 Å². The number of nitrogens with one attached hydrogen (secondary N) is 2. The zero-order valence-corrected chi connectivity index (χ0v) is 13.4. The monoisotopic (exact) mass is 320 g/mol. The molecule has 23 heavy (non-hydrogen) atoms. The summed E-state index contributed by atoms with van der Waals surface area (Å²) in [6.45, 7) is 2.04. The smallest absolute Gasteiger partial charge is 0.224 e. The maximum absolute atomic E-state index is 14.1. The molecule has 2 fully saturated rings. The van der Waals surface area contributed by atoms with E-state index in [0.29, 0.717) is 18.0 Å². The Labute approximate surface area is 136 Å². The van der Waals surface area contributed by atoms with Gasteiger partial charge in [-0.3, -0.25) is 4.79 Å². The number of carbonyl (C=O) groups excluding carboxylic acids is 1. The SMILES string of the molecule is O=C(CCC1CCNC1)Nc1ccc(OC2CCCC2)c(F)c1. The van der Waals surface area contributed by atoms with Crippen molar-refractivity contribution in [1.29, 1.82) is 0 Å². The molecule has 126 valence electrons. The molecule has 0 spiro atoms. The minimum Gasteiger partial charge on any atom is -0.487 e. The normalized spacial score (nSPS) is 21.5. The Kier molecular flexibility index (Phi) is 5.49. The van der Waals surface area contributed by atoms with Gasteiger partial charge in [-0.05, 0) is 69.7 Å². The Morgan fingerprint density at radius 1 is 1.30 bits per heavy atom. The fourth-order valence-corrected chi connectivity index (χ4v) is 3.38. The van der Waals surface area contributed by atoms with E-state index in [1.807, 2.05) is 0 Å². The van der Waals surface area contributed by atoms with Crippen LogP contribution in [0.15, 0.2) is 18.2 Å². The van der Waals surface area contributed by atoms with Crippen LogP contribution in [0.3, 0.4) is 0 Å². The van der Waals surface area contributed by atoms with E-state index in [4.69, 9.17) is 4.74 Å². The molecule has 1 saturated carbocycles. The third kappa shape index (κ3) is 4.67. The van der Waals surface area contributed by atoms with Crippen LogP contribution in [0.2, 0.25) is 0 Å². The van der Waals surface area contributed by atoms with Crippen molar-refractivity contribution < 1.29 is 13.9 Å². The van der Waals surface area contributed by atoms with Crippen molar-refractivity contribution in [3.63, 3.8) is 0 Å². The van der Waals surface area contributed by atoms with Gasteiger partial charge in [0.25, 0.3) is 0 Å². The molecular weight excluding hydrogens is 295 g/mol. The lowest BCUT2D eigenvalue weighted by atomic mass is 10.0. The van der Waals surface area contributed by atoms with E-state index in [2.05, 4.69) is 10.6 Å². The van der Waals surface area contributed by atoms with Gasteiger partial charge in [0, 0.05) is 18.2 Å². The summed E-state index contributed by atoms with van der Waals surface area (Å²) < 4.78 is 19.8. The zero-order valence-electron chi connectivity index (χ0n) is 13.4. The van der Waals surface area contributed by atoms with Crippen LogP contribution in [0.4, 0.5) is 10.1 Å². The van der Waals surface area contributed by atoms with Crippen molar-refractivity contribution in [3.05, 3.63) is 24.0 Å². The average Bonchev–Trinajstić information content (AvgIpc) is 3.21. The van der Waals surface area contributed by atoms with Gasteiger partial charge in [-0.15, -0.1) is 0 Å². The van der Waals surface area contributed by atoms with E-state index in [1.165, 1.54) is 6.07 Å². The molecule has 5 heteroatoms. The van der Waals surface area contributed by atoms with Gasteiger partial charge in [0.15, 0.2) is 11.6 Å². The largest absolute Gasteiger partial charge is 0.487 e. The topological polar surface area (TPSA) is 50.4 Å². The molecule has 1 aliphatic carbocycles. The fraction of sp³-hybridized carbons (Fsp3) is 0.611. The number of amides is 1. The number of halogens is 1. The standard InChI is InChI=1S/C18H25FN2O2/c19-16-11-14(6-7-17(16)23-15-3-1-2-4-15)21-18(22)8-5-13-9-10-20-12-13/h6-7,11,13,15,20H,1-5,8-10,12H2,(H,21,22). The van der Waals surface area contributed by atoms with Gasteiger partial charge in [0.2, 0.25) is 5.91 Å². The van der Waals surface area contributed by atoms with Crippen molar-refractivity contribution in [1.82, 2.24) is 5.32 Å². The molecule has 1 saturated heterocycles. The maximum Gasteiger partial charge on any atom is 0.224 e. The van der Waals surface area contributed by atoms with Gasteiger partial charge in [-0.1, -0.05) is 0 Å². The third-order valence-electron chi connectivity index (χ3n) is 4.75. The second kappa shape index (κ2) is 7.77. The quantitative estimate of drug-likeness (QED) is 0.844. The number of carbonyl (C=O) groups is 1. The molecule has 1 amide bonds. The molecule has 4 nitrogen and oxygen atoms in total. The number of hydrogen-bond donors (Lipinski definition) is 2.